The Balaban J connectivity index is 1.31. The van der Waals surface area contributed by atoms with Crippen molar-refractivity contribution in [2.24, 2.45) is 0 Å². The van der Waals surface area contributed by atoms with Gasteiger partial charge in [-0.1, -0.05) is 48.2 Å². The standard InChI is InChI=1S/C25H25N3O3S2/c1-26-33(30,31)20-14-11-19(12-15-20)13-16-25(29)27-17-6-18-28-21-7-2-4-9-23(21)32-24-10-5-3-8-22(24)28/h2-5,7-16,26H,6,17-18H2,1H3,(H,27,29)/b16-13+. The predicted octanol–water partition coefficient (Wildman–Crippen LogP) is 4.42. The van der Waals surface area contributed by atoms with Crippen LogP contribution in [0.25, 0.3) is 6.08 Å². The van der Waals surface area contributed by atoms with Gasteiger partial charge in [0.1, 0.15) is 0 Å². The average Bonchev–Trinajstić information content (AvgIpc) is 2.85. The minimum absolute atomic E-state index is 0.183. The van der Waals surface area contributed by atoms with Gasteiger partial charge in [0, 0.05) is 29.0 Å². The smallest absolute Gasteiger partial charge is 0.244 e. The predicted molar refractivity (Wildman–Crippen MR) is 133 cm³/mol. The number of amides is 1. The Hall–Kier alpha value is -3.07. The van der Waals surface area contributed by atoms with Crippen LogP contribution in [0, 0.1) is 0 Å². The second-order valence-corrected chi connectivity index (χ2v) is 10.4. The van der Waals surface area contributed by atoms with Gasteiger partial charge < -0.3 is 10.2 Å². The zero-order valence-electron chi connectivity index (χ0n) is 18.2. The summed E-state index contributed by atoms with van der Waals surface area (Å²) < 4.78 is 25.8. The zero-order chi connectivity index (χ0) is 23.3. The molecular weight excluding hydrogens is 454 g/mol. The van der Waals surface area contributed by atoms with Gasteiger partial charge in [-0.15, -0.1) is 0 Å². The Bertz CT molecular complexity index is 1230. The highest BCUT2D eigenvalue weighted by molar-refractivity contribution is 7.99. The van der Waals surface area contributed by atoms with Crippen LogP contribution in [0.15, 0.2) is 93.6 Å². The summed E-state index contributed by atoms with van der Waals surface area (Å²) in [5.41, 5.74) is 3.13. The molecule has 0 atom stereocenters. The van der Waals surface area contributed by atoms with Crippen LogP contribution in [-0.4, -0.2) is 34.5 Å². The normalized spacial score (nSPS) is 12.9. The molecular formula is C25H25N3O3S2. The molecule has 8 heteroatoms. The molecule has 1 aliphatic rings. The Morgan fingerprint density at radius 1 is 0.939 bits per heavy atom. The van der Waals surface area contributed by atoms with Gasteiger partial charge in [0.05, 0.1) is 16.3 Å². The maximum Gasteiger partial charge on any atom is 0.244 e. The molecule has 3 aromatic rings. The lowest BCUT2D eigenvalue weighted by atomic mass is 10.2. The summed E-state index contributed by atoms with van der Waals surface area (Å²) in [6.45, 7) is 1.34. The SMILES string of the molecule is CNS(=O)(=O)c1ccc(/C=C/C(=O)NCCCN2c3ccccc3Sc3ccccc32)cc1. The highest BCUT2D eigenvalue weighted by Gasteiger charge is 2.22. The Morgan fingerprint density at radius 3 is 2.15 bits per heavy atom. The maximum atomic E-state index is 12.2. The Morgan fingerprint density at radius 2 is 1.55 bits per heavy atom. The van der Waals surface area contributed by atoms with Crippen molar-refractivity contribution in [1.29, 1.82) is 0 Å². The van der Waals surface area contributed by atoms with Gasteiger partial charge in [-0.3, -0.25) is 4.79 Å². The van der Waals surface area contributed by atoms with E-state index in [9.17, 15) is 13.2 Å². The van der Waals surface area contributed by atoms with Crippen LogP contribution >= 0.6 is 11.8 Å². The monoisotopic (exact) mass is 479 g/mol. The minimum Gasteiger partial charge on any atom is -0.352 e. The molecule has 0 aromatic heterocycles. The lowest BCUT2D eigenvalue weighted by Crippen LogP contribution is -2.28. The van der Waals surface area contributed by atoms with Gasteiger partial charge in [0.2, 0.25) is 15.9 Å². The highest BCUT2D eigenvalue weighted by Crippen LogP contribution is 2.47. The molecule has 4 rings (SSSR count). The van der Waals surface area contributed by atoms with Crippen molar-refractivity contribution < 1.29 is 13.2 Å². The van der Waals surface area contributed by atoms with Crippen molar-refractivity contribution in [3.63, 3.8) is 0 Å². The number of carbonyl (C=O) groups is 1. The summed E-state index contributed by atoms with van der Waals surface area (Å²) in [5, 5.41) is 2.92. The van der Waals surface area contributed by atoms with Crippen LogP contribution in [0.5, 0.6) is 0 Å². The molecule has 0 saturated heterocycles. The summed E-state index contributed by atoms with van der Waals surface area (Å²) in [6, 6.07) is 23.1. The minimum atomic E-state index is -3.47. The second kappa shape index (κ2) is 10.2. The molecule has 1 amide bonds. The molecule has 0 saturated carbocycles. The fourth-order valence-electron chi connectivity index (χ4n) is 3.58. The third-order valence-electron chi connectivity index (χ3n) is 5.28. The molecule has 0 aliphatic carbocycles. The van der Waals surface area contributed by atoms with Gasteiger partial charge in [0.25, 0.3) is 0 Å². The summed E-state index contributed by atoms with van der Waals surface area (Å²) in [6.07, 6.45) is 3.92. The number of anilines is 2. The summed E-state index contributed by atoms with van der Waals surface area (Å²) in [5.74, 6) is -0.183. The molecule has 33 heavy (non-hydrogen) atoms. The number of carbonyl (C=O) groups excluding carboxylic acids is 1. The molecule has 2 N–H and O–H groups in total. The molecule has 6 nitrogen and oxygen atoms in total. The first kappa shape index (κ1) is 23.1. The van der Waals surface area contributed by atoms with E-state index in [1.807, 2.05) is 12.1 Å². The number of hydrogen-bond donors (Lipinski definition) is 2. The van der Waals surface area contributed by atoms with Crippen molar-refractivity contribution in [3.8, 4) is 0 Å². The summed E-state index contributed by atoms with van der Waals surface area (Å²) >= 11 is 1.78. The van der Waals surface area contributed by atoms with E-state index < -0.39 is 10.0 Å². The van der Waals surface area contributed by atoms with Crippen molar-refractivity contribution in [2.45, 2.75) is 21.1 Å². The number of benzene rings is 3. The van der Waals surface area contributed by atoms with Gasteiger partial charge in [0.15, 0.2) is 0 Å². The Kier molecular flexibility index (Phi) is 7.17. The molecule has 0 bridgehead atoms. The van der Waals surface area contributed by atoms with Crippen LogP contribution in [-0.2, 0) is 14.8 Å². The number of nitrogens with zero attached hydrogens (tertiary/aromatic N) is 1. The van der Waals surface area contributed by atoms with Crippen LogP contribution in [0.1, 0.15) is 12.0 Å². The van der Waals surface area contributed by atoms with Crippen molar-refractivity contribution >= 4 is 45.1 Å². The molecule has 1 aliphatic heterocycles. The van der Waals surface area contributed by atoms with Gasteiger partial charge in [-0.25, -0.2) is 13.1 Å². The fourth-order valence-corrected chi connectivity index (χ4v) is 5.40. The molecule has 0 spiro atoms. The second-order valence-electron chi connectivity index (χ2n) is 7.44. The van der Waals surface area contributed by atoms with Crippen LogP contribution in [0.2, 0.25) is 0 Å². The van der Waals surface area contributed by atoms with E-state index >= 15 is 0 Å². The summed E-state index contributed by atoms with van der Waals surface area (Å²) in [4.78, 5) is 17.2. The van der Waals surface area contributed by atoms with Crippen molar-refractivity contribution in [3.05, 3.63) is 84.4 Å². The third-order valence-corrected chi connectivity index (χ3v) is 7.84. The number of sulfonamides is 1. The third kappa shape index (κ3) is 5.47. The van der Waals surface area contributed by atoms with Crippen molar-refractivity contribution in [2.75, 3.05) is 25.0 Å². The average molecular weight is 480 g/mol. The molecule has 170 valence electrons. The lowest BCUT2D eigenvalue weighted by Gasteiger charge is -2.32. The van der Waals surface area contributed by atoms with E-state index in [1.54, 1.807) is 30.0 Å². The van der Waals surface area contributed by atoms with Gasteiger partial charge >= 0.3 is 0 Å². The van der Waals surface area contributed by atoms with E-state index in [1.165, 1.54) is 46.4 Å². The first-order valence-corrected chi connectivity index (χ1v) is 12.9. The topological polar surface area (TPSA) is 78.5 Å². The molecule has 3 aromatic carbocycles. The van der Waals surface area contributed by atoms with E-state index in [0.717, 1.165) is 18.5 Å². The number of fused-ring (bicyclic) bond motifs is 2. The van der Waals surface area contributed by atoms with E-state index in [2.05, 4.69) is 51.3 Å². The molecule has 0 fully saturated rings. The van der Waals surface area contributed by atoms with E-state index in [4.69, 9.17) is 0 Å². The zero-order valence-corrected chi connectivity index (χ0v) is 19.8. The number of nitrogens with one attached hydrogen (secondary N) is 2. The Labute approximate surface area is 198 Å². The van der Waals surface area contributed by atoms with Crippen LogP contribution in [0.3, 0.4) is 0 Å². The van der Waals surface area contributed by atoms with Crippen LogP contribution < -0.4 is 14.9 Å². The number of para-hydroxylation sites is 2. The molecule has 0 unspecified atom stereocenters. The number of hydrogen-bond acceptors (Lipinski definition) is 5. The number of rotatable bonds is 8. The fraction of sp³-hybridized carbons (Fsp3) is 0.160. The summed E-state index contributed by atoms with van der Waals surface area (Å²) in [7, 11) is -2.10. The molecule has 0 radical (unpaired) electrons. The molecule has 1 heterocycles. The van der Waals surface area contributed by atoms with E-state index in [0.29, 0.717) is 6.54 Å². The van der Waals surface area contributed by atoms with Gasteiger partial charge in [-0.05, 0) is 61.5 Å². The highest BCUT2D eigenvalue weighted by atomic mass is 32.2. The van der Waals surface area contributed by atoms with Crippen LogP contribution in [0.4, 0.5) is 11.4 Å². The van der Waals surface area contributed by atoms with Crippen molar-refractivity contribution in [1.82, 2.24) is 10.0 Å². The first-order valence-electron chi connectivity index (χ1n) is 10.6. The lowest BCUT2D eigenvalue weighted by molar-refractivity contribution is -0.116. The van der Waals surface area contributed by atoms with Gasteiger partial charge in [-0.2, -0.15) is 0 Å². The quantitative estimate of drug-likeness (QED) is 0.369. The van der Waals surface area contributed by atoms with E-state index in [-0.39, 0.29) is 10.8 Å². The largest absolute Gasteiger partial charge is 0.352 e. The maximum absolute atomic E-state index is 12.2. The first-order chi connectivity index (χ1) is 16.0.